The number of nitrogens with zero attached hydrogens (tertiary/aromatic N) is 1. The zero-order valence-corrected chi connectivity index (χ0v) is 13.0. The van der Waals surface area contributed by atoms with E-state index in [1.54, 1.807) is 12.1 Å². The number of rotatable bonds is 7. The van der Waals surface area contributed by atoms with E-state index in [4.69, 9.17) is 21.4 Å². The number of likely N-dealkylation sites (tertiary alicyclic amines) is 1. The molecule has 1 atom stereocenters. The molecule has 2 rings (SSSR count). The first-order valence-electron chi connectivity index (χ1n) is 7.57. The van der Waals surface area contributed by atoms with Crippen LogP contribution >= 0.6 is 11.6 Å². The molecule has 1 aromatic rings. The first kappa shape index (κ1) is 16.7. The molecule has 0 aliphatic carbocycles. The topological polar surface area (TPSA) is 52.9 Å². The van der Waals surface area contributed by atoms with Gasteiger partial charge in [0.2, 0.25) is 0 Å². The normalized spacial score (nSPS) is 18.8. The minimum absolute atomic E-state index is 0.187. The van der Waals surface area contributed by atoms with E-state index in [2.05, 4.69) is 4.90 Å². The number of hydrogen-bond acceptors (Lipinski definition) is 4. The predicted molar refractivity (Wildman–Crippen MR) is 83.5 cm³/mol. The van der Waals surface area contributed by atoms with Crippen molar-refractivity contribution in [3.8, 4) is 0 Å². The molecule has 1 fully saturated rings. The number of benzene rings is 1. The molecule has 0 saturated carbocycles. The largest absolute Gasteiger partial charge is 0.396 e. The van der Waals surface area contributed by atoms with Crippen LogP contribution in [0.4, 0.5) is 0 Å². The Hall–Kier alpha value is -0.650. The van der Waals surface area contributed by atoms with Gasteiger partial charge in [-0.15, -0.1) is 0 Å². The molecule has 4 nitrogen and oxygen atoms in total. The predicted octanol–water partition coefficient (Wildman–Crippen LogP) is 2.24. The van der Waals surface area contributed by atoms with Crippen molar-refractivity contribution >= 4 is 11.6 Å². The molecule has 5 heteroatoms. The number of aliphatic hydroxyl groups excluding tert-OH is 2. The van der Waals surface area contributed by atoms with Gasteiger partial charge in [0.05, 0.1) is 12.2 Å². The molecular formula is C16H24ClNO3. The molecule has 0 aromatic heterocycles. The fourth-order valence-electron chi connectivity index (χ4n) is 2.61. The Balaban J connectivity index is 1.71. The van der Waals surface area contributed by atoms with Gasteiger partial charge < -0.3 is 19.8 Å². The van der Waals surface area contributed by atoms with Gasteiger partial charge in [0.25, 0.3) is 0 Å². The van der Waals surface area contributed by atoms with E-state index in [1.165, 1.54) is 0 Å². The summed E-state index contributed by atoms with van der Waals surface area (Å²) in [6.07, 6.45) is 2.49. The van der Waals surface area contributed by atoms with Gasteiger partial charge in [-0.3, -0.25) is 0 Å². The summed E-state index contributed by atoms with van der Waals surface area (Å²) in [7, 11) is 0. The van der Waals surface area contributed by atoms with E-state index < -0.39 is 6.10 Å². The van der Waals surface area contributed by atoms with Crippen LogP contribution in [0.1, 0.15) is 30.9 Å². The Morgan fingerprint density at radius 2 is 1.90 bits per heavy atom. The summed E-state index contributed by atoms with van der Waals surface area (Å²) in [5.41, 5.74) is 0.903. The van der Waals surface area contributed by atoms with Gasteiger partial charge in [-0.05, 0) is 37.0 Å². The molecule has 0 radical (unpaired) electrons. The van der Waals surface area contributed by atoms with Gasteiger partial charge in [0.1, 0.15) is 0 Å². The summed E-state index contributed by atoms with van der Waals surface area (Å²) in [5, 5.41) is 19.7. The molecule has 1 aliphatic rings. The van der Waals surface area contributed by atoms with Crippen LogP contribution in [-0.4, -0.2) is 54.1 Å². The minimum atomic E-state index is -0.478. The first-order chi connectivity index (χ1) is 10.2. The highest BCUT2D eigenvalue weighted by Gasteiger charge is 2.21. The third-order valence-electron chi connectivity index (χ3n) is 3.88. The van der Waals surface area contributed by atoms with Gasteiger partial charge >= 0.3 is 0 Å². The number of aliphatic hydroxyl groups is 2. The molecule has 1 aromatic carbocycles. The second-order valence-corrected chi connectivity index (χ2v) is 5.95. The van der Waals surface area contributed by atoms with Crippen LogP contribution in [0, 0.1) is 0 Å². The Labute approximate surface area is 131 Å². The molecule has 1 heterocycles. The molecule has 21 heavy (non-hydrogen) atoms. The van der Waals surface area contributed by atoms with E-state index in [-0.39, 0.29) is 6.61 Å². The van der Waals surface area contributed by atoms with Gasteiger partial charge in [-0.2, -0.15) is 0 Å². The average molecular weight is 314 g/mol. The molecule has 118 valence electrons. The number of hydrogen-bond donors (Lipinski definition) is 2. The van der Waals surface area contributed by atoms with Crippen molar-refractivity contribution in [3.05, 3.63) is 34.9 Å². The smallest absolute Gasteiger partial charge is 0.0916 e. The second-order valence-electron chi connectivity index (χ2n) is 5.52. The second kappa shape index (κ2) is 8.71. The first-order valence-corrected chi connectivity index (χ1v) is 7.95. The maximum Gasteiger partial charge on any atom is 0.0916 e. The van der Waals surface area contributed by atoms with Crippen molar-refractivity contribution in [2.75, 3.05) is 32.8 Å². The highest BCUT2D eigenvalue weighted by molar-refractivity contribution is 6.30. The number of ether oxygens (including phenoxy) is 1. The Bertz CT molecular complexity index is 404. The van der Waals surface area contributed by atoms with Crippen molar-refractivity contribution < 1.29 is 14.9 Å². The lowest BCUT2D eigenvalue weighted by atomic mass is 10.0. The van der Waals surface area contributed by atoms with Crippen molar-refractivity contribution in [1.82, 2.24) is 4.90 Å². The fraction of sp³-hybridized carbons (Fsp3) is 0.625. The Morgan fingerprint density at radius 3 is 2.52 bits per heavy atom. The zero-order chi connectivity index (χ0) is 15.1. The molecule has 1 unspecified atom stereocenters. The molecular weight excluding hydrogens is 290 g/mol. The molecule has 0 spiro atoms. The van der Waals surface area contributed by atoms with Crippen LogP contribution in [0.3, 0.4) is 0 Å². The fourth-order valence-corrected chi connectivity index (χ4v) is 2.73. The summed E-state index contributed by atoms with van der Waals surface area (Å²) in [4.78, 5) is 2.27. The highest BCUT2D eigenvalue weighted by Crippen LogP contribution is 2.20. The highest BCUT2D eigenvalue weighted by atomic mass is 35.5. The van der Waals surface area contributed by atoms with Gasteiger partial charge in [-0.1, -0.05) is 23.7 Å². The van der Waals surface area contributed by atoms with E-state index in [0.717, 1.165) is 31.5 Å². The van der Waals surface area contributed by atoms with Crippen LogP contribution in [-0.2, 0) is 4.74 Å². The van der Waals surface area contributed by atoms with E-state index in [9.17, 15) is 5.11 Å². The van der Waals surface area contributed by atoms with Crippen molar-refractivity contribution in [1.29, 1.82) is 0 Å². The summed E-state index contributed by atoms with van der Waals surface area (Å²) in [5.74, 6) is 0. The Kier molecular flexibility index (Phi) is 6.93. The standard InChI is InChI=1S/C16H24ClNO3/c17-14-4-2-13(3-5-14)16(20)12-18-8-6-15(7-9-18)21-11-1-10-19/h2-5,15-16,19-20H,1,6-12H2. The summed E-state index contributed by atoms with van der Waals surface area (Å²) < 4.78 is 5.71. The number of halogens is 1. The summed E-state index contributed by atoms with van der Waals surface area (Å²) >= 11 is 5.85. The average Bonchev–Trinajstić information content (AvgIpc) is 2.50. The van der Waals surface area contributed by atoms with Gasteiger partial charge in [-0.25, -0.2) is 0 Å². The quantitative estimate of drug-likeness (QED) is 0.758. The van der Waals surface area contributed by atoms with Crippen LogP contribution in [0.5, 0.6) is 0 Å². The third kappa shape index (κ3) is 5.57. The van der Waals surface area contributed by atoms with Crippen molar-refractivity contribution in [2.45, 2.75) is 31.5 Å². The molecule has 1 aliphatic heterocycles. The SMILES string of the molecule is OCCCOC1CCN(CC(O)c2ccc(Cl)cc2)CC1. The van der Waals surface area contributed by atoms with E-state index in [0.29, 0.717) is 30.7 Å². The van der Waals surface area contributed by atoms with E-state index in [1.807, 2.05) is 12.1 Å². The molecule has 0 bridgehead atoms. The van der Waals surface area contributed by atoms with Crippen LogP contribution in [0.25, 0.3) is 0 Å². The lowest BCUT2D eigenvalue weighted by Crippen LogP contribution is -2.39. The summed E-state index contributed by atoms with van der Waals surface area (Å²) in [6.45, 7) is 3.34. The molecule has 1 saturated heterocycles. The summed E-state index contributed by atoms with van der Waals surface area (Å²) in [6, 6.07) is 7.36. The van der Waals surface area contributed by atoms with Crippen LogP contribution in [0.2, 0.25) is 5.02 Å². The third-order valence-corrected chi connectivity index (χ3v) is 4.13. The van der Waals surface area contributed by atoms with Crippen molar-refractivity contribution in [3.63, 3.8) is 0 Å². The number of piperidine rings is 1. The zero-order valence-electron chi connectivity index (χ0n) is 12.2. The van der Waals surface area contributed by atoms with Crippen molar-refractivity contribution in [2.24, 2.45) is 0 Å². The lowest BCUT2D eigenvalue weighted by molar-refractivity contribution is -0.00650. The maximum absolute atomic E-state index is 10.3. The minimum Gasteiger partial charge on any atom is -0.396 e. The molecule has 2 N–H and O–H groups in total. The van der Waals surface area contributed by atoms with Gasteiger partial charge in [0.15, 0.2) is 0 Å². The van der Waals surface area contributed by atoms with Gasteiger partial charge in [0, 0.05) is 37.9 Å². The maximum atomic E-state index is 10.3. The van der Waals surface area contributed by atoms with Crippen LogP contribution in [0.15, 0.2) is 24.3 Å². The lowest BCUT2D eigenvalue weighted by Gasteiger charge is -2.33. The van der Waals surface area contributed by atoms with E-state index >= 15 is 0 Å². The number of β-amino-alcohol motifs (C(OH)–C–C–N with tert-alkyl or cyclic N) is 1. The molecule has 0 amide bonds. The Morgan fingerprint density at radius 1 is 1.24 bits per heavy atom. The monoisotopic (exact) mass is 313 g/mol. The van der Waals surface area contributed by atoms with Crippen LogP contribution < -0.4 is 0 Å².